The molecule has 4 nitrogen and oxygen atoms in total. The molecule has 0 spiro atoms. The Morgan fingerprint density at radius 2 is 2.16 bits per heavy atom. The molecular formula is C14H12N2O2S. The van der Waals surface area contributed by atoms with E-state index in [0.29, 0.717) is 12.2 Å². The highest BCUT2D eigenvalue weighted by molar-refractivity contribution is 7.15. The summed E-state index contributed by atoms with van der Waals surface area (Å²) >= 11 is 1.55. The summed E-state index contributed by atoms with van der Waals surface area (Å²) in [5.74, 6) is 0.733. The van der Waals surface area contributed by atoms with Gasteiger partial charge in [-0.15, -0.1) is 11.3 Å². The fraction of sp³-hybridized carbons (Fsp3) is 0.143. The van der Waals surface area contributed by atoms with E-state index in [9.17, 15) is 4.79 Å². The zero-order valence-electron chi connectivity index (χ0n) is 10.2. The number of carbonyl (C=O) groups is 1. The van der Waals surface area contributed by atoms with Crippen LogP contribution in [0.5, 0.6) is 5.75 Å². The van der Waals surface area contributed by atoms with Crippen molar-refractivity contribution in [1.29, 1.82) is 0 Å². The van der Waals surface area contributed by atoms with Crippen LogP contribution in [0.15, 0.2) is 48.1 Å². The maximum Gasteiger partial charge on any atom is 0.193 e. The van der Waals surface area contributed by atoms with E-state index in [1.54, 1.807) is 11.3 Å². The van der Waals surface area contributed by atoms with E-state index in [-0.39, 0.29) is 12.4 Å². The van der Waals surface area contributed by atoms with Gasteiger partial charge in [0.2, 0.25) is 0 Å². The van der Waals surface area contributed by atoms with Gasteiger partial charge in [0.25, 0.3) is 0 Å². The molecule has 0 N–H and O–H groups in total. The third kappa shape index (κ3) is 2.82. The topological polar surface area (TPSA) is 43.6 Å². The summed E-state index contributed by atoms with van der Waals surface area (Å²) in [6.07, 6.45) is 4.12. The maximum atomic E-state index is 11.8. The number of thiazole rings is 1. The summed E-state index contributed by atoms with van der Waals surface area (Å²) in [6, 6.07) is 9.33. The third-order valence-corrected chi connectivity index (χ3v) is 3.44. The Kier molecular flexibility index (Phi) is 3.29. The third-order valence-electron chi connectivity index (χ3n) is 2.66. The van der Waals surface area contributed by atoms with Crippen LogP contribution in [0.25, 0.3) is 4.96 Å². The Hall–Kier alpha value is -2.14. The number of imidazole rings is 1. The first-order valence-corrected chi connectivity index (χ1v) is 6.80. The number of nitrogens with zero attached hydrogens (tertiary/aromatic N) is 2. The van der Waals surface area contributed by atoms with Crippen molar-refractivity contribution in [2.24, 2.45) is 0 Å². The standard InChI is InChI=1S/C14H12N2O2S/c17-12(10-18-13-4-2-1-3-5-13)8-11-9-16-6-7-19-14(16)15-11/h1-7,9H,8,10H2. The van der Waals surface area contributed by atoms with Crippen molar-refractivity contribution in [3.8, 4) is 5.75 Å². The quantitative estimate of drug-likeness (QED) is 0.717. The fourth-order valence-corrected chi connectivity index (χ4v) is 2.51. The Morgan fingerprint density at radius 1 is 1.32 bits per heavy atom. The first kappa shape index (κ1) is 11.9. The highest BCUT2D eigenvalue weighted by Gasteiger charge is 2.09. The summed E-state index contributed by atoms with van der Waals surface area (Å²) in [5.41, 5.74) is 0.786. The number of ether oxygens (including phenoxy) is 1. The van der Waals surface area contributed by atoms with E-state index in [2.05, 4.69) is 4.98 Å². The average Bonchev–Trinajstić information content (AvgIpc) is 2.98. The second kappa shape index (κ2) is 5.24. The predicted octanol–water partition coefficient (Wildman–Crippen LogP) is 2.59. The van der Waals surface area contributed by atoms with Crippen LogP contribution in [0.4, 0.5) is 0 Å². The number of Topliss-reactive ketones (excluding diaryl/α,β-unsaturated/α-hetero) is 1. The Morgan fingerprint density at radius 3 is 2.95 bits per heavy atom. The molecule has 0 radical (unpaired) electrons. The molecule has 2 aromatic heterocycles. The molecule has 96 valence electrons. The molecule has 0 saturated carbocycles. The van der Waals surface area contributed by atoms with Crippen molar-refractivity contribution in [3.63, 3.8) is 0 Å². The molecule has 5 heteroatoms. The molecule has 0 fully saturated rings. The number of ketones is 1. The summed E-state index contributed by atoms with van der Waals surface area (Å²) in [4.78, 5) is 17.1. The van der Waals surface area contributed by atoms with Gasteiger partial charge in [0.15, 0.2) is 10.7 Å². The monoisotopic (exact) mass is 272 g/mol. The lowest BCUT2D eigenvalue weighted by Gasteiger charge is -2.03. The van der Waals surface area contributed by atoms with Gasteiger partial charge >= 0.3 is 0 Å². The molecule has 0 aliphatic carbocycles. The first-order valence-electron chi connectivity index (χ1n) is 5.92. The highest BCUT2D eigenvalue weighted by Crippen LogP contribution is 2.12. The van der Waals surface area contributed by atoms with E-state index >= 15 is 0 Å². The van der Waals surface area contributed by atoms with Gasteiger partial charge in [-0.1, -0.05) is 18.2 Å². The van der Waals surface area contributed by atoms with Crippen LogP contribution in [-0.4, -0.2) is 21.8 Å². The lowest BCUT2D eigenvalue weighted by Crippen LogP contribution is -2.13. The van der Waals surface area contributed by atoms with Crippen molar-refractivity contribution in [2.45, 2.75) is 6.42 Å². The van der Waals surface area contributed by atoms with E-state index < -0.39 is 0 Å². The summed E-state index contributed by atoms with van der Waals surface area (Å²) in [7, 11) is 0. The van der Waals surface area contributed by atoms with Gasteiger partial charge in [-0.3, -0.25) is 9.20 Å². The number of carbonyl (C=O) groups excluding carboxylic acids is 1. The molecule has 3 rings (SSSR count). The molecule has 19 heavy (non-hydrogen) atoms. The number of aromatic nitrogens is 2. The van der Waals surface area contributed by atoms with Gasteiger partial charge in [0, 0.05) is 17.8 Å². The molecule has 0 aliphatic rings. The molecule has 0 bridgehead atoms. The minimum absolute atomic E-state index is 0.0228. The number of para-hydroxylation sites is 1. The van der Waals surface area contributed by atoms with Crippen LogP contribution in [-0.2, 0) is 11.2 Å². The van der Waals surface area contributed by atoms with E-state index in [0.717, 1.165) is 10.7 Å². The van der Waals surface area contributed by atoms with Crippen molar-refractivity contribution < 1.29 is 9.53 Å². The zero-order chi connectivity index (χ0) is 13.1. The number of benzene rings is 1. The van der Waals surface area contributed by atoms with Crippen molar-refractivity contribution in [3.05, 3.63) is 53.8 Å². The number of fused-ring (bicyclic) bond motifs is 1. The molecule has 0 saturated heterocycles. The van der Waals surface area contributed by atoms with Crippen LogP contribution in [0, 0.1) is 0 Å². The zero-order valence-corrected chi connectivity index (χ0v) is 11.0. The maximum absolute atomic E-state index is 11.8. The first-order chi connectivity index (χ1) is 9.31. The molecular weight excluding hydrogens is 260 g/mol. The molecule has 2 heterocycles. The minimum Gasteiger partial charge on any atom is -0.486 e. The van der Waals surface area contributed by atoms with E-state index in [4.69, 9.17) is 4.74 Å². The number of rotatable bonds is 5. The van der Waals surface area contributed by atoms with Crippen LogP contribution in [0.3, 0.4) is 0 Å². The summed E-state index contributed by atoms with van der Waals surface area (Å²) in [6.45, 7) is 0.0786. The molecule has 3 aromatic rings. The normalized spacial score (nSPS) is 10.7. The van der Waals surface area contributed by atoms with Crippen molar-refractivity contribution in [2.75, 3.05) is 6.61 Å². The van der Waals surface area contributed by atoms with Crippen molar-refractivity contribution in [1.82, 2.24) is 9.38 Å². The number of hydrogen-bond donors (Lipinski definition) is 0. The largest absolute Gasteiger partial charge is 0.486 e. The number of hydrogen-bond acceptors (Lipinski definition) is 4. The Balaban J connectivity index is 1.58. The summed E-state index contributed by atoms with van der Waals surface area (Å²) in [5, 5.41) is 1.96. The van der Waals surface area contributed by atoms with Crippen LogP contribution < -0.4 is 4.74 Å². The highest BCUT2D eigenvalue weighted by atomic mass is 32.1. The van der Waals surface area contributed by atoms with Crippen LogP contribution >= 0.6 is 11.3 Å². The van der Waals surface area contributed by atoms with Gasteiger partial charge in [-0.25, -0.2) is 4.98 Å². The van der Waals surface area contributed by atoms with Crippen molar-refractivity contribution >= 4 is 22.1 Å². The molecule has 0 atom stereocenters. The Labute approximate surface area is 114 Å². The lowest BCUT2D eigenvalue weighted by atomic mass is 10.2. The molecule has 0 amide bonds. The van der Waals surface area contributed by atoms with Gasteiger partial charge in [-0.05, 0) is 12.1 Å². The summed E-state index contributed by atoms with van der Waals surface area (Å²) < 4.78 is 7.34. The van der Waals surface area contributed by atoms with Crippen LogP contribution in [0.2, 0.25) is 0 Å². The second-order valence-corrected chi connectivity index (χ2v) is 5.02. The van der Waals surface area contributed by atoms with Gasteiger partial charge in [0.05, 0.1) is 12.1 Å². The molecule has 1 aromatic carbocycles. The molecule has 0 unspecified atom stereocenters. The Bertz CT molecular complexity index is 659. The van der Waals surface area contributed by atoms with Crippen LogP contribution in [0.1, 0.15) is 5.69 Å². The van der Waals surface area contributed by atoms with Gasteiger partial charge in [0.1, 0.15) is 12.4 Å². The van der Waals surface area contributed by atoms with E-state index in [1.165, 1.54) is 0 Å². The van der Waals surface area contributed by atoms with Gasteiger partial charge in [-0.2, -0.15) is 0 Å². The predicted molar refractivity (Wildman–Crippen MR) is 73.7 cm³/mol. The second-order valence-electron chi connectivity index (χ2n) is 4.14. The average molecular weight is 272 g/mol. The smallest absolute Gasteiger partial charge is 0.193 e. The van der Waals surface area contributed by atoms with E-state index in [1.807, 2.05) is 52.5 Å². The molecule has 0 aliphatic heterocycles. The lowest BCUT2D eigenvalue weighted by molar-refractivity contribution is -0.120. The minimum atomic E-state index is 0.0228. The fourth-order valence-electron chi connectivity index (χ4n) is 1.79. The van der Waals surface area contributed by atoms with Gasteiger partial charge < -0.3 is 4.74 Å². The SMILES string of the molecule is O=C(COc1ccccc1)Cc1cn2ccsc2n1.